The van der Waals surface area contributed by atoms with Gasteiger partial charge >= 0.3 is 0 Å². The van der Waals surface area contributed by atoms with Gasteiger partial charge < -0.3 is 4.57 Å². The van der Waals surface area contributed by atoms with Crippen molar-refractivity contribution in [2.24, 2.45) is 0 Å². The zero-order valence-electron chi connectivity index (χ0n) is 32.7. The van der Waals surface area contributed by atoms with Crippen LogP contribution in [0.4, 0.5) is 0 Å². The number of hydrogen-bond acceptors (Lipinski definition) is 1. The molecule has 0 radical (unpaired) electrons. The molecule has 0 aliphatic heterocycles. The first-order valence-corrected chi connectivity index (χ1v) is 19.4. The molecule has 3 aromatic heterocycles. The van der Waals surface area contributed by atoms with Crippen molar-refractivity contribution in [2.45, 2.75) is 58.8 Å². The number of pyridine rings is 1. The van der Waals surface area contributed by atoms with Gasteiger partial charge in [0, 0.05) is 50.6 Å². The van der Waals surface area contributed by atoms with E-state index >= 15 is 0 Å². The molecule has 6 aromatic carbocycles. The van der Waals surface area contributed by atoms with Crippen LogP contribution in [0, 0.1) is 12.1 Å². The van der Waals surface area contributed by atoms with E-state index in [0.29, 0.717) is 11.8 Å². The van der Waals surface area contributed by atoms with Crippen LogP contribution in [-0.4, -0.2) is 18.7 Å². The Morgan fingerprint density at radius 3 is 1.93 bits per heavy atom. The summed E-state index contributed by atoms with van der Waals surface area (Å²) in [6, 6.07) is 57.7. The van der Waals surface area contributed by atoms with E-state index in [4.69, 9.17) is 4.98 Å². The fourth-order valence-electron chi connectivity index (χ4n) is 8.28. The van der Waals surface area contributed by atoms with Crippen LogP contribution in [-0.2, 0) is 26.5 Å². The molecule has 5 heteroatoms. The first-order valence-electron chi connectivity index (χ1n) is 19.4. The molecule has 4 nitrogen and oxygen atoms in total. The average molecular weight is 909 g/mol. The van der Waals surface area contributed by atoms with Crippen molar-refractivity contribution in [3.8, 4) is 28.3 Å². The van der Waals surface area contributed by atoms with Gasteiger partial charge in [-0.1, -0.05) is 114 Å². The van der Waals surface area contributed by atoms with E-state index in [-0.39, 0.29) is 21.1 Å². The molecule has 0 aliphatic carbocycles. The smallest absolute Gasteiger partial charge is 0.168 e. The molecule has 0 saturated heterocycles. The van der Waals surface area contributed by atoms with E-state index in [1.165, 1.54) is 27.6 Å². The summed E-state index contributed by atoms with van der Waals surface area (Å²) in [4.78, 5) is 5.03. The first kappa shape index (κ1) is 37.4. The van der Waals surface area contributed by atoms with Crippen LogP contribution >= 0.6 is 0 Å². The third-order valence-corrected chi connectivity index (χ3v) is 11.3. The zero-order valence-corrected chi connectivity index (χ0v) is 35.0. The summed E-state index contributed by atoms with van der Waals surface area (Å²) in [6.07, 6.45) is 4.14. The van der Waals surface area contributed by atoms with Gasteiger partial charge in [-0.05, 0) is 75.2 Å². The third kappa shape index (κ3) is 6.31. The van der Waals surface area contributed by atoms with Crippen molar-refractivity contribution < 1.29 is 21.1 Å². The minimum atomic E-state index is -0.401. The van der Waals surface area contributed by atoms with E-state index in [2.05, 4.69) is 213 Å². The van der Waals surface area contributed by atoms with Gasteiger partial charge in [-0.25, -0.2) is 9.55 Å². The number of para-hydroxylation sites is 4. The maximum atomic E-state index is 5.03. The van der Waals surface area contributed by atoms with E-state index in [1.54, 1.807) is 0 Å². The molecule has 56 heavy (non-hydrogen) atoms. The fourth-order valence-corrected chi connectivity index (χ4v) is 8.28. The molecule has 0 N–H and O–H groups in total. The number of aromatic nitrogens is 4. The molecule has 0 spiro atoms. The zero-order chi connectivity index (χ0) is 37.8. The molecule has 3 heterocycles. The number of fused-ring (bicyclic) bond motifs is 4. The maximum absolute atomic E-state index is 5.03. The summed E-state index contributed by atoms with van der Waals surface area (Å²) < 4.78 is 6.79. The van der Waals surface area contributed by atoms with Gasteiger partial charge in [0.1, 0.15) is 11.5 Å². The van der Waals surface area contributed by atoms with Crippen LogP contribution < -0.4 is 0 Å². The van der Waals surface area contributed by atoms with Crippen molar-refractivity contribution in [3.63, 3.8) is 0 Å². The summed E-state index contributed by atoms with van der Waals surface area (Å²) in [5.41, 5.74) is 13.6. The molecule has 0 atom stereocenters. The molecule has 9 rings (SSSR count). The Hall–Kier alpha value is -5.57. The van der Waals surface area contributed by atoms with Gasteiger partial charge in [0.05, 0.1) is 0 Å². The largest absolute Gasteiger partial charge is 0.319 e. The molecular weight excluding hydrogens is 864 g/mol. The topological polar surface area (TPSA) is 27.7 Å². The Morgan fingerprint density at radius 1 is 0.589 bits per heavy atom. The van der Waals surface area contributed by atoms with Crippen LogP contribution in [0.1, 0.15) is 75.6 Å². The van der Waals surface area contributed by atoms with Crippen LogP contribution in [0.15, 0.2) is 152 Å². The first-order chi connectivity index (χ1) is 26.7. The molecule has 0 fully saturated rings. The van der Waals surface area contributed by atoms with Gasteiger partial charge in [0.2, 0.25) is 0 Å². The summed E-state index contributed by atoms with van der Waals surface area (Å²) in [5, 5.41) is 2.35. The molecule has 0 bridgehead atoms. The van der Waals surface area contributed by atoms with Gasteiger partial charge in [-0.15, -0.1) is 23.1 Å². The van der Waals surface area contributed by atoms with E-state index in [1.807, 2.05) is 6.20 Å². The standard InChI is InChI=1S/C51H45N4.Pt/c1-34(2)41-21-15-22-42(35(3)4)50(41)36-28-29-52-49(30-36)55-45-23-11-10-20-43(45)44-27-26-38(32-48(44)55)51(5,6)37-16-14-19-40(31-37)54-33-53(39-17-8-7-9-18-39)46-24-12-13-25-47(46)54;/h7-30,33-35H,1-6H3;/q-1;. The van der Waals surface area contributed by atoms with Crippen molar-refractivity contribution in [1.29, 1.82) is 0 Å². The second-order valence-electron chi connectivity index (χ2n) is 15.8. The monoisotopic (exact) mass is 908 g/mol. The van der Waals surface area contributed by atoms with Crippen molar-refractivity contribution >= 4 is 32.8 Å². The van der Waals surface area contributed by atoms with Gasteiger partial charge in [0.15, 0.2) is 17.4 Å². The minimum Gasteiger partial charge on any atom is -0.319 e. The summed E-state index contributed by atoms with van der Waals surface area (Å²) in [6.45, 7) is 13.7. The Balaban J connectivity index is 0.00000441. The Bertz CT molecular complexity index is 2830. The third-order valence-electron chi connectivity index (χ3n) is 11.3. The van der Waals surface area contributed by atoms with E-state index < -0.39 is 5.41 Å². The molecular formula is C51H45N4Pt-. The summed E-state index contributed by atoms with van der Waals surface area (Å²) >= 11 is 0. The van der Waals surface area contributed by atoms with Crippen LogP contribution in [0.5, 0.6) is 0 Å². The number of hydrogen-bond donors (Lipinski definition) is 0. The number of nitrogens with zero attached hydrogens (tertiary/aromatic N) is 4. The molecule has 0 aliphatic rings. The number of imidazole rings is 1. The predicted octanol–water partition coefficient (Wildman–Crippen LogP) is 13.0. The summed E-state index contributed by atoms with van der Waals surface area (Å²) in [7, 11) is 0. The Labute approximate surface area is 344 Å². The molecule has 9 aromatic rings. The van der Waals surface area contributed by atoms with Crippen molar-refractivity contribution in [3.05, 3.63) is 186 Å². The van der Waals surface area contributed by atoms with Crippen LogP contribution in [0.2, 0.25) is 0 Å². The second-order valence-corrected chi connectivity index (χ2v) is 15.8. The van der Waals surface area contributed by atoms with Crippen molar-refractivity contribution in [2.75, 3.05) is 0 Å². The molecule has 280 valence electrons. The maximum Gasteiger partial charge on any atom is 0.168 e. The van der Waals surface area contributed by atoms with Gasteiger partial charge in [-0.2, -0.15) is 40.5 Å². The molecule has 0 saturated carbocycles. The van der Waals surface area contributed by atoms with Crippen molar-refractivity contribution in [1.82, 2.24) is 18.7 Å². The second kappa shape index (κ2) is 14.8. The van der Waals surface area contributed by atoms with Gasteiger partial charge in [-0.3, -0.25) is 0 Å². The summed E-state index contributed by atoms with van der Waals surface area (Å²) in [5.74, 6) is 1.68. The van der Waals surface area contributed by atoms with Gasteiger partial charge in [0.25, 0.3) is 0 Å². The normalized spacial score (nSPS) is 11.9. The van der Waals surface area contributed by atoms with Crippen LogP contribution in [0.3, 0.4) is 0 Å². The minimum absolute atomic E-state index is 0. The predicted molar refractivity (Wildman–Crippen MR) is 229 cm³/mol. The number of rotatable bonds is 8. The number of benzene rings is 6. The molecule has 0 amide bonds. The van der Waals surface area contributed by atoms with E-state index in [0.717, 1.165) is 55.8 Å². The Morgan fingerprint density at radius 2 is 1.21 bits per heavy atom. The van der Waals surface area contributed by atoms with E-state index in [9.17, 15) is 0 Å². The van der Waals surface area contributed by atoms with Crippen LogP contribution in [0.25, 0.3) is 61.2 Å². The Kier molecular flexibility index (Phi) is 9.89. The SMILES string of the molecule is CC(C)c1cccc(C(C)C)c1-c1ccnc(-n2c3[c-]c(C(C)(C)c4[c-]c(-n5[cH+]n(-c6ccccc6)c6ccccc65)ccc4)ccc3c3ccccc32)c1.[Pt]. The average Bonchev–Trinajstić information content (AvgIpc) is 3.77. The quantitative estimate of drug-likeness (QED) is 0.140. The molecule has 0 unspecified atom stereocenters. The fraction of sp³-hybridized carbons (Fsp3) is 0.176.